The molecule has 0 bridgehead atoms. The fourth-order valence-electron chi connectivity index (χ4n) is 1.64. The van der Waals surface area contributed by atoms with Crippen molar-refractivity contribution in [3.63, 3.8) is 0 Å². The first-order valence-electron chi connectivity index (χ1n) is 7.06. The molecule has 0 saturated heterocycles. The molecule has 126 valence electrons. The van der Waals surface area contributed by atoms with Gasteiger partial charge in [-0.3, -0.25) is 4.79 Å². The molecule has 0 aliphatic carbocycles. The quantitative estimate of drug-likeness (QED) is 0.652. The number of carbonyl (C=O) groups is 3. The maximum Gasteiger partial charge on any atom is 1.00 e. The Morgan fingerprint density at radius 2 is 1.71 bits per heavy atom. The van der Waals surface area contributed by atoms with Crippen LogP contribution in [0.2, 0.25) is 0 Å². The van der Waals surface area contributed by atoms with Gasteiger partial charge in [0.2, 0.25) is 5.12 Å². The number of benzene rings is 1. The third-order valence-electron chi connectivity index (χ3n) is 2.64. The first-order valence-corrected chi connectivity index (χ1v) is 7.94. The smallest absolute Gasteiger partial charge is 0.549 e. The summed E-state index contributed by atoms with van der Waals surface area (Å²) in [6, 6.07) is 7.42. The minimum absolute atomic E-state index is 0. The molecule has 2 atom stereocenters. The Bertz CT molecular complexity index is 574. The minimum atomic E-state index is -1.36. The van der Waals surface area contributed by atoms with Crippen LogP contribution < -0.4 is 40.0 Å². The van der Waals surface area contributed by atoms with E-state index in [1.54, 1.807) is 51.1 Å². The summed E-state index contributed by atoms with van der Waals surface area (Å²) in [5.74, 6) is -1.36. The first kappa shape index (κ1) is 23.0. The van der Waals surface area contributed by atoms with E-state index >= 15 is 0 Å². The van der Waals surface area contributed by atoms with Crippen LogP contribution in [-0.2, 0) is 14.3 Å². The van der Waals surface area contributed by atoms with Crippen LogP contribution in [0.5, 0.6) is 0 Å². The van der Waals surface area contributed by atoms with Gasteiger partial charge in [0, 0.05) is 0 Å². The van der Waals surface area contributed by atoms with E-state index < -0.39 is 34.1 Å². The minimum Gasteiger partial charge on any atom is -0.549 e. The second-order valence-electron chi connectivity index (χ2n) is 5.91. The van der Waals surface area contributed by atoms with Crippen LogP contribution in [0.15, 0.2) is 30.3 Å². The number of carboxylic acids is 1. The molecule has 0 spiro atoms. The van der Waals surface area contributed by atoms with Gasteiger partial charge in [-0.25, -0.2) is 4.79 Å². The number of amides is 1. The molecule has 0 fully saturated rings. The molecule has 0 aliphatic heterocycles. The SMILES string of the molecule is C[C@@H](NC(=O)OC(C)(C)C)C(=O)SC(C(=O)[O-])c1ccccc1.[Na+]. The first-order chi connectivity index (χ1) is 10.6. The zero-order valence-electron chi connectivity index (χ0n) is 14.5. The van der Waals surface area contributed by atoms with Crippen molar-refractivity contribution in [2.45, 2.75) is 44.6 Å². The van der Waals surface area contributed by atoms with Gasteiger partial charge in [-0.15, -0.1) is 0 Å². The Morgan fingerprint density at radius 3 is 2.17 bits per heavy atom. The van der Waals surface area contributed by atoms with Crippen molar-refractivity contribution >= 4 is 28.9 Å². The molecule has 8 heteroatoms. The van der Waals surface area contributed by atoms with Gasteiger partial charge in [0.05, 0.1) is 17.3 Å². The fraction of sp³-hybridized carbons (Fsp3) is 0.438. The normalized spacial score (nSPS) is 13.2. The number of nitrogens with one attached hydrogen (secondary N) is 1. The van der Waals surface area contributed by atoms with Crippen molar-refractivity contribution in [1.82, 2.24) is 5.32 Å². The summed E-state index contributed by atoms with van der Waals surface area (Å²) in [5, 5.41) is 12.0. The van der Waals surface area contributed by atoms with E-state index in [1.165, 1.54) is 6.92 Å². The maximum atomic E-state index is 12.1. The Morgan fingerprint density at radius 1 is 1.17 bits per heavy atom. The zero-order chi connectivity index (χ0) is 17.6. The molecule has 1 N–H and O–H groups in total. The Hall–Kier alpha value is -1.02. The van der Waals surface area contributed by atoms with Crippen LogP contribution >= 0.6 is 11.8 Å². The number of ether oxygens (including phenoxy) is 1. The standard InChI is InChI=1S/C16H21NO5S.Na/c1-10(17-15(21)22-16(2,3)4)14(20)23-12(13(18)19)11-8-6-5-7-9-11;/h5-10,12H,1-4H3,(H,17,21)(H,18,19);/q;+1/p-1/t10-,12?;/m1./s1. The van der Waals surface area contributed by atoms with E-state index in [4.69, 9.17) is 4.74 Å². The van der Waals surface area contributed by atoms with Gasteiger partial charge in [0.15, 0.2) is 0 Å². The van der Waals surface area contributed by atoms with Gasteiger partial charge in [-0.1, -0.05) is 42.1 Å². The predicted molar refractivity (Wildman–Crippen MR) is 85.6 cm³/mol. The molecule has 24 heavy (non-hydrogen) atoms. The van der Waals surface area contributed by atoms with Crippen LogP contribution in [0, 0.1) is 0 Å². The monoisotopic (exact) mass is 361 g/mol. The molecule has 0 aliphatic rings. The van der Waals surface area contributed by atoms with Crippen molar-refractivity contribution in [3.8, 4) is 0 Å². The summed E-state index contributed by atoms with van der Waals surface area (Å²) in [7, 11) is 0. The van der Waals surface area contributed by atoms with Gasteiger partial charge in [0.25, 0.3) is 0 Å². The summed E-state index contributed by atoms with van der Waals surface area (Å²) < 4.78 is 5.06. The van der Waals surface area contributed by atoms with Gasteiger partial charge in [-0.2, -0.15) is 0 Å². The van der Waals surface area contributed by atoms with E-state index in [0.717, 1.165) is 0 Å². The van der Waals surface area contributed by atoms with E-state index in [9.17, 15) is 19.5 Å². The fourth-order valence-corrected chi connectivity index (χ4v) is 2.53. The van der Waals surface area contributed by atoms with E-state index in [1.807, 2.05) is 0 Å². The van der Waals surface area contributed by atoms with E-state index in [0.29, 0.717) is 17.3 Å². The number of thioether (sulfide) groups is 1. The number of hydrogen-bond acceptors (Lipinski definition) is 6. The predicted octanol–water partition coefficient (Wildman–Crippen LogP) is -1.35. The molecule has 0 aromatic heterocycles. The van der Waals surface area contributed by atoms with Crippen LogP contribution in [0.3, 0.4) is 0 Å². The second-order valence-corrected chi connectivity index (χ2v) is 7.02. The van der Waals surface area contributed by atoms with Gasteiger partial charge >= 0.3 is 35.7 Å². The molecule has 0 radical (unpaired) electrons. The van der Waals surface area contributed by atoms with E-state index in [-0.39, 0.29) is 29.6 Å². The molecule has 0 saturated carbocycles. The number of alkyl carbamates (subject to hydrolysis) is 1. The third kappa shape index (κ3) is 8.19. The molecule has 1 aromatic carbocycles. The average molecular weight is 361 g/mol. The third-order valence-corrected chi connectivity index (χ3v) is 3.92. The Kier molecular flexibility index (Phi) is 9.65. The van der Waals surface area contributed by atoms with Crippen molar-refractivity contribution in [2.75, 3.05) is 0 Å². The van der Waals surface area contributed by atoms with Gasteiger partial charge in [-0.05, 0) is 33.3 Å². The van der Waals surface area contributed by atoms with Crippen molar-refractivity contribution in [3.05, 3.63) is 35.9 Å². The summed E-state index contributed by atoms with van der Waals surface area (Å²) >= 11 is 0.603. The maximum absolute atomic E-state index is 12.1. The number of aliphatic carboxylic acids is 1. The van der Waals surface area contributed by atoms with Crippen molar-refractivity contribution in [1.29, 1.82) is 0 Å². The van der Waals surface area contributed by atoms with Crippen LogP contribution in [-0.4, -0.2) is 28.8 Å². The van der Waals surface area contributed by atoms with Crippen LogP contribution in [0.25, 0.3) is 0 Å². The summed E-state index contributed by atoms with van der Waals surface area (Å²) in [6.45, 7) is 6.58. The van der Waals surface area contributed by atoms with Crippen molar-refractivity contribution in [2.24, 2.45) is 0 Å². The summed E-state index contributed by atoms with van der Waals surface area (Å²) in [6.07, 6.45) is -0.733. The zero-order valence-corrected chi connectivity index (χ0v) is 17.3. The molecule has 6 nitrogen and oxygen atoms in total. The van der Waals surface area contributed by atoms with E-state index in [2.05, 4.69) is 5.32 Å². The summed E-state index contributed by atoms with van der Waals surface area (Å²) in [4.78, 5) is 35.0. The molecular weight excluding hydrogens is 341 g/mol. The molecule has 1 aromatic rings. The molecule has 1 rings (SSSR count). The van der Waals surface area contributed by atoms with Crippen LogP contribution in [0.4, 0.5) is 4.79 Å². The number of carbonyl (C=O) groups excluding carboxylic acids is 3. The van der Waals surface area contributed by atoms with Gasteiger partial charge < -0.3 is 20.0 Å². The second kappa shape index (κ2) is 10.1. The topological polar surface area (TPSA) is 95.5 Å². The number of carboxylic acid groups (broad SMARTS) is 1. The molecule has 1 amide bonds. The molecule has 0 heterocycles. The number of rotatable bonds is 5. The summed E-state index contributed by atoms with van der Waals surface area (Å²) in [5.41, 5.74) is -0.229. The van der Waals surface area contributed by atoms with Crippen LogP contribution in [0.1, 0.15) is 38.5 Å². The molecule has 1 unspecified atom stereocenters. The Balaban J connectivity index is 0.00000529. The van der Waals surface area contributed by atoms with Crippen molar-refractivity contribution < 1.29 is 53.8 Å². The number of hydrogen-bond donors (Lipinski definition) is 1. The average Bonchev–Trinajstić information content (AvgIpc) is 2.42. The Labute approximate surface area is 168 Å². The molecular formula is C16H20NNaO5S. The van der Waals surface area contributed by atoms with Gasteiger partial charge in [0.1, 0.15) is 5.60 Å². The largest absolute Gasteiger partial charge is 1.00 e.